The van der Waals surface area contributed by atoms with Crippen LogP contribution in [-0.2, 0) is 0 Å². The number of hydrogen-bond donors (Lipinski definition) is 2. The van der Waals surface area contributed by atoms with Crippen LogP contribution in [0, 0.1) is 0 Å². The molecule has 0 spiro atoms. The number of fused-ring (bicyclic) bond motifs is 1. The van der Waals surface area contributed by atoms with Crippen LogP contribution >= 0.6 is 0 Å². The Morgan fingerprint density at radius 3 is 3.00 bits per heavy atom. The number of rotatable bonds is 1. The van der Waals surface area contributed by atoms with Gasteiger partial charge < -0.3 is 10.9 Å². The van der Waals surface area contributed by atoms with Crippen molar-refractivity contribution in [1.29, 1.82) is 0 Å². The van der Waals surface area contributed by atoms with Gasteiger partial charge in [0.25, 0.3) is 0 Å². The number of aromatic nitrogens is 1. The van der Waals surface area contributed by atoms with Crippen molar-refractivity contribution in [2.24, 2.45) is 4.99 Å². The van der Waals surface area contributed by atoms with E-state index < -0.39 is 5.97 Å². The molecule has 1 unspecified atom stereocenters. The van der Waals surface area contributed by atoms with Gasteiger partial charge in [0.1, 0.15) is 0 Å². The fourth-order valence-corrected chi connectivity index (χ4v) is 2.01. The third kappa shape index (κ3) is 2.08. The number of carboxylic acids is 1. The van der Waals surface area contributed by atoms with Crippen molar-refractivity contribution in [3.63, 3.8) is 0 Å². The van der Waals surface area contributed by atoms with Crippen LogP contribution in [0.2, 0.25) is 0 Å². The zero-order chi connectivity index (χ0) is 12.6. The number of nitrogens with zero attached hydrogens (tertiary/aromatic N) is 2. The van der Waals surface area contributed by atoms with E-state index >= 15 is 0 Å². The van der Waals surface area contributed by atoms with E-state index in [1.165, 1.54) is 16.4 Å². The second-order valence-corrected chi connectivity index (χ2v) is 4.28. The summed E-state index contributed by atoms with van der Waals surface area (Å²) in [5.74, 6) is 4.76. The minimum absolute atomic E-state index is 0.00120. The third-order valence-electron chi connectivity index (χ3n) is 2.75. The molecule has 0 bridgehead atoms. The predicted molar refractivity (Wildman–Crippen MR) is 64.6 cm³/mol. The first kappa shape index (κ1) is 11.4. The highest BCUT2D eigenvalue weighted by Crippen LogP contribution is 2.06. The lowest BCUT2D eigenvalue weighted by molar-refractivity contribution is 0.0695. The van der Waals surface area contributed by atoms with Gasteiger partial charge in [0.2, 0.25) is 0 Å². The molecule has 1 aliphatic rings. The van der Waals surface area contributed by atoms with Crippen LogP contribution in [0.4, 0.5) is 0 Å². The van der Waals surface area contributed by atoms with Gasteiger partial charge in [-0.25, -0.2) is 4.79 Å². The Labute approximate surface area is 98.5 Å². The summed E-state index contributed by atoms with van der Waals surface area (Å²) in [7, 11) is 0. The maximum Gasteiger partial charge on any atom is 0.338 e. The van der Waals surface area contributed by atoms with Gasteiger partial charge in [0, 0.05) is 11.4 Å². The Morgan fingerprint density at radius 2 is 2.35 bits per heavy atom. The average molecular weight is 233 g/mol. The number of carboxylic acid groups (broad SMARTS) is 1. The maximum absolute atomic E-state index is 11.1. The summed E-state index contributed by atoms with van der Waals surface area (Å²) in [6, 6.07) is 0.00120. The Hall–Kier alpha value is -2.04. The van der Waals surface area contributed by atoms with Crippen molar-refractivity contribution in [3.05, 3.63) is 34.1 Å². The first-order valence-corrected chi connectivity index (χ1v) is 5.44. The van der Waals surface area contributed by atoms with Gasteiger partial charge in [0.05, 0.1) is 11.6 Å². The van der Waals surface area contributed by atoms with E-state index in [1.807, 2.05) is 26.0 Å². The van der Waals surface area contributed by atoms with E-state index in [2.05, 4.69) is 4.99 Å². The van der Waals surface area contributed by atoms with Gasteiger partial charge >= 0.3 is 5.97 Å². The highest BCUT2D eigenvalue weighted by atomic mass is 16.4. The minimum atomic E-state index is -0.980. The Morgan fingerprint density at radius 1 is 1.65 bits per heavy atom. The summed E-state index contributed by atoms with van der Waals surface area (Å²) in [6.07, 6.45) is 6.04. The van der Waals surface area contributed by atoms with Gasteiger partial charge in [-0.1, -0.05) is 17.7 Å². The molecule has 1 atom stereocenters. The van der Waals surface area contributed by atoms with E-state index in [0.29, 0.717) is 10.7 Å². The fourth-order valence-electron chi connectivity index (χ4n) is 2.01. The molecular weight excluding hydrogens is 218 g/mol. The summed E-state index contributed by atoms with van der Waals surface area (Å²) >= 11 is 0. The quantitative estimate of drug-likeness (QED) is 0.531. The van der Waals surface area contributed by atoms with Crippen molar-refractivity contribution < 1.29 is 9.90 Å². The zero-order valence-corrected chi connectivity index (χ0v) is 9.84. The second kappa shape index (κ2) is 4.08. The van der Waals surface area contributed by atoms with Crippen LogP contribution in [0.5, 0.6) is 0 Å². The van der Waals surface area contributed by atoms with E-state index in [4.69, 9.17) is 10.9 Å². The van der Waals surface area contributed by atoms with Crippen LogP contribution in [0.15, 0.2) is 22.8 Å². The van der Waals surface area contributed by atoms with Gasteiger partial charge in [-0.15, -0.1) is 0 Å². The van der Waals surface area contributed by atoms with Gasteiger partial charge in [-0.05, 0) is 20.3 Å². The highest BCUT2D eigenvalue weighted by molar-refractivity contribution is 5.88. The summed E-state index contributed by atoms with van der Waals surface area (Å²) < 4.78 is 1.28. The van der Waals surface area contributed by atoms with E-state index in [0.717, 1.165) is 6.42 Å². The Balaban J connectivity index is 2.77. The molecule has 1 aliphatic heterocycles. The van der Waals surface area contributed by atoms with Crippen LogP contribution in [0.25, 0.3) is 6.08 Å². The molecular formula is C12H15N3O2. The summed E-state index contributed by atoms with van der Waals surface area (Å²) in [5.41, 5.74) is 1.90. The standard InChI is InChI=1S/C12H15N3O2/c1-7-3-4-9-10(12(16)17)6-15(13)11(9)14-8(2)5-7/h4-6,8H,3,13H2,1-2H3,(H,16,17)/b7-5+,9-4-,14-11?. The SMILES string of the molecule is C/C1=C\C(C)N=c2/c(c(C(=O)O)cn2N)=C\C1. The average Bonchev–Trinajstić information content (AvgIpc) is 2.51. The molecule has 3 N–H and O–H groups in total. The molecule has 0 saturated carbocycles. The predicted octanol–water partition coefficient (Wildman–Crippen LogP) is 0.0387. The summed E-state index contributed by atoms with van der Waals surface area (Å²) in [6.45, 7) is 3.96. The highest BCUT2D eigenvalue weighted by Gasteiger charge is 2.12. The number of nitrogens with two attached hydrogens (primary N) is 1. The third-order valence-corrected chi connectivity index (χ3v) is 2.75. The number of hydrogen-bond acceptors (Lipinski definition) is 3. The first-order chi connectivity index (χ1) is 7.99. The molecule has 1 aromatic rings. The summed E-state index contributed by atoms with van der Waals surface area (Å²) in [4.78, 5) is 15.5. The number of carbonyl (C=O) groups is 1. The van der Waals surface area contributed by atoms with Crippen molar-refractivity contribution in [3.8, 4) is 0 Å². The van der Waals surface area contributed by atoms with E-state index in [9.17, 15) is 4.79 Å². The largest absolute Gasteiger partial charge is 0.478 e. The Kier molecular flexibility index (Phi) is 2.75. The van der Waals surface area contributed by atoms with Gasteiger partial charge in [-0.3, -0.25) is 9.67 Å². The van der Waals surface area contributed by atoms with Gasteiger partial charge in [-0.2, -0.15) is 0 Å². The molecule has 0 radical (unpaired) electrons. The maximum atomic E-state index is 11.1. The van der Waals surface area contributed by atoms with Crippen LogP contribution in [0.1, 0.15) is 30.6 Å². The van der Waals surface area contributed by atoms with Crippen molar-refractivity contribution in [2.75, 3.05) is 5.84 Å². The monoisotopic (exact) mass is 233 g/mol. The topological polar surface area (TPSA) is 80.6 Å². The molecule has 0 saturated heterocycles. The lowest BCUT2D eigenvalue weighted by atomic mass is 10.1. The first-order valence-electron chi connectivity index (χ1n) is 5.44. The molecule has 90 valence electrons. The smallest absolute Gasteiger partial charge is 0.338 e. The fraction of sp³-hybridized carbons (Fsp3) is 0.333. The molecule has 0 amide bonds. The number of nitrogen functional groups attached to an aromatic ring is 1. The molecule has 0 aliphatic carbocycles. The van der Waals surface area contributed by atoms with E-state index in [1.54, 1.807) is 0 Å². The molecule has 2 rings (SSSR count). The minimum Gasteiger partial charge on any atom is -0.478 e. The normalized spacial score (nSPS) is 24.2. The Bertz CT molecular complexity index is 610. The molecule has 0 aromatic carbocycles. The molecule has 5 nitrogen and oxygen atoms in total. The van der Waals surface area contributed by atoms with Crippen molar-refractivity contribution >= 4 is 12.0 Å². The summed E-state index contributed by atoms with van der Waals surface area (Å²) in [5, 5.41) is 9.71. The van der Waals surface area contributed by atoms with Crippen LogP contribution in [0.3, 0.4) is 0 Å². The van der Waals surface area contributed by atoms with Crippen LogP contribution < -0.4 is 16.5 Å². The number of aromatic carboxylic acids is 1. The zero-order valence-electron chi connectivity index (χ0n) is 9.84. The molecule has 2 heterocycles. The number of allylic oxidation sites excluding steroid dienone is 1. The van der Waals surface area contributed by atoms with Gasteiger partial charge in [0.15, 0.2) is 5.49 Å². The van der Waals surface area contributed by atoms with Crippen molar-refractivity contribution in [1.82, 2.24) is 4.68 Å². The molecule has 1 aromatic heterocycles. The molecule has 0 fully saturated rings. The molecule has 5 heteroatoms. The lowest BCUT2D eigenvalue weighted by Crippen LogP contribution is -2.36. The van der Waals surface area contributed by atoms with Crippen molar-refractivity contribution in [2.45, 2.75) is 26.3 Å². The second-order valence-electron chi connectivity index (χ2n) is 4.28. The molecule has 17 heavy (non-hydrogen) atoms. The lowest BCUT2D eigenvalue weighted by Gasteiger charge is -2.05. The van der Waals surface area contributed by atoms with Crippen LogP contribution in [-0.4, -0.2) is 21.8 Å². The van der Waals surface area contributed by atoms with E-state index in [-0.39, 0.29) is 11.6 Å².